The van der Waals surface area contributed by atoms with Gasteiger partial charge in [0.25, 0.3) is 5.78 Å². The number of benzene rings is 2. The Labute approximate surface area is 214 Å². The maximum atomic E-state index is 13.3. The molecule has 0 bridgehead atoms. The first-order valence-electron chi connectivity index (χ1n) is 12.1. The molecule has 2 aliphatic rings. The Morgan fingerprint density at radius 2 is 2.08 bits per heavy atom. The van der Waals surface area contributed by atoms with Gasteiger partial charge in [-0.2, -0.15) is 0 Å². The number of fused-ring (bicyclic) bond motifs is 1. The van der Waals surface area contributed by atoms with Crippen molar-refractivity contribution in [3.8, 4) is 11.5 Å². The van der Waals surface area contributed by atoms with Crippen molar-refractivity contribution in [1.82, 2.24) is 4.98 Å². The molecule has 5 rings (SSSR count). The van der Waals surface area contributed by atoms with Gasteiger partial charge in [-0.3, -0.25) is 14.5 Å². The van der Waals surface area contributed by atoms with Crippen molar-refractivity contribution in [3.05, 3.63) is 76.3 Å². The van der Waals surface area contributed by atoms with Crippen LogP contribution in [0.3, 0.4) is 0 Å². The van der Waals surface area contributed by atoms with Gasteiger partial charge in [0.15, 0.2) is 5.13 Å². The topological polar surface area (TPSA) is 89.0 Å². The molecule has 1 saturated heterocycles. The Morgan fingerprint density at radius 1 is 1.25 bits per heavy atom. The van der Waals surface area contributed by atoms with Crippen LogP contribution < -0.4 is 14.4 Å². The van der Waals surface area contributed by atoms with E-state index in [-0.39, 0.29) is 17.4 Å². The Morgan fingerprint density at radius 3 is 2.83 bits per heavy atom. The zero-order chi connectivity index (χ0) is 25.4. The third kappa shape index (κ3) is 4.48. The molecule has 1 amide bonds. The van der Waals surface area contributed by atoms with E-state index >= 15 is 0 Å². The van der Waals surface area contributed by atoms with Crippen LogP contribution in [0.25, 0.3) is 5.76 Å². The van der Waals surface area contributed by atoms with Crippen LogP contribution in [0.15, 0.2) is 59.6 Å². The number of carbonyl (C=O) groups excluding carboxylic acids is 2. The first kappa shape index (κ1) is 24.1. The zero-order valence-corrected chi connectivity index (χ0v) is 21.2. The summed E-state index contributed by atoms with van der Waals surface area (Å²) in [4.78, 5) is 32.2. The fourth-order valence-corrected chi connectivity index (χ4v) is 5.26. The minimum absolute atomic E-state index is 0.0291. The molecule has 0 aliphatic carbocycles. The summed E-state index contributed by atoms with van der Waals surface area (Å²) < 4.78 is 11.7. The van der Waals surface area contributed by atoms with Crippen molar-refractivity contribution in [1.29, 1.82) is 0 Å². The first-order valence-corrected chi connectivity index (χ1v) is 12.9. The summed E-state index contributed by atoms with van der Waals surface area (Å²) in [7, 11) is 0. The lowest BCUT2D eigenvalue weighted by Crippen LogP contribution is -2.29. The lowest BCUT2D eigenvalue weighted by molar-refractivity contribution is -0.132. The highest BCUT2D eigenvalue weighted by atomic mass is 32.1. The second-order valence-electron chi connectivity index (χ2n) is 9.54. The van der Waals surface area contributed by atoms with Crippen LogP contribution in [-0.2, 0) is 16.0 Å². The number of thiazole rings is 1. The average molecular weight is 505 g/mol. The van der Waals surface area contributed by atoms with Crippen LogP contribution in [0.2, 0.25) is 0 Å². The number of ketones is 1. The molecule has 1 N–H and O–H groups in total. The summed E-state index contributed by atoms with van der Waals surface area (Å²) in [5, 5.41) is 13.6. The number of hydrogen-bond donors (Lipinski definition) is 1. The smallest absolute Gasteiger partial charge is 0.301 e. The van der Waals surface area contributed by atoms with Gasteiger partial charge in [0.2, 0.25) is 0 Å². The van der Waals surface area contributed by atoms with Gasteiger partial charge in [-0.1, -0.05) is 26.0 Å². The standard InChI is InChI=1S/C28H28N2O5S/c1-16(2)9-11-34-21-6-4-5-18(15-21)24-23(26(32)27(33)30(24)28-29-10-12-36-28)25(31)19-7-8-22-20(14-19)13-17(3)35-22/h4-8,10,12,14-17,24,31H,9,11,13H2,1-3H3. The molecule has 2 aromatic carbocycles. The second-order valence-corrected chi connectivity index (χ2v) is 10.4. The van der Waals surface area contributed by atoms with Crippen LogP contribution in [0.4, 0.5) is 5.13 Å². The van der Waals surface area contributed by atoms with E-state index in [0.29, 0.717) is 41.0 Å². The van der Waals surface area contributed by atoms with Crippen molar-refractivity contribution in [2.24, 2.45) is 5.92 Å². The van der Waals surface area contributed by atoms with Gasteiger partial charge < -0.3 is 14.6 Å². The molecule has 2 aliphatic heterocycles. The molecular formula is C28H28N2O5S. The molecule has 0 saturated carbocycles. The number of aliphatic hydroxyl groups excluding tert-OH is 1. The Balaban J connectivity index is 1.59. The lowest BCUT2D eigenvalue weighted by Gasteiger charge is -2.23. The van der Waals surface area contributed by atoms with Crippen LogP contribution >= 0.6 is 11.3 Å². The van der Waals surface area contributed by atoms with E-state index < -0.39 is 17.7 Å². The third-order valence-corrected chi connectivity index (χ3v) is 7.15. The fourth-order valence-electron chi connectivity index (χ4n) is 4.59. The number of amides is 1. The average Bonchev–Trinajstić information content (AvgIpc) is 3.56. The number of ether oxygens (including phenoxy) is 2. The van der Waals surface area contributed by atoms with Gasteiger partial charge >= 0.3 is 5.91 Å². The van der Waals surface area contributed by atoms with Crippen molar-refractivity contribution in [2.45, 2.75) is 45.8 Å². The van der Waals surface area contributed by atoms with Gasteiger partial charge in [0.05, 0.1) is 18.2 Å². The fraction of sp³-hybridized carbons (Fsp3) is 0.321. The van der Waals surface area contributed by atoms with Crippen molar-refractivity contribution in [2.75, 3.05) is 11.5 Å². The van der Waals surface area contributed by atoms with E-state index in [9.17, 15) is 14.7 Å². The van der Waals surface area contributed by atoms with E-state index in [1.165, 1.54) is 16.2 Å². The van der Waals surface area contributed by atoms with Gasteiger partial charge in [0, 0.05) is 23.6 Å². The first-order chi connectivity index (χ1) is 17.3. The molecular weight excluding hydrogens is 476 g/mol. The summed E-state index contributed by atoms with van der Waals surface area (Å²) >= 11 is 1.26. The van der Waals surface area contributed by atoms with Crippen LogP contribution in [0, 0.1) is 5.92 Å². The highest BCUT2D eigenvalue weighted by Crippen LogP contribution is 2.44. The number of hydrogen-bond acceptors (Lipinski definition) is 7. The number of aliphatic hydroxyl groups is 1. The number of nitrogens with zero attached hydrogens (tertiary/aromatic N) is 2. The lowest BCUT2D eigenvalue weighted by atomic mass is 9.94. The summed E-state index contributed by atoms with van der Waals surface area (Å²) in [6.45, 7) is 6.80. The molecule has 0 spiro atoms. The molecule has 0 radical (unpaired) electrons. The molecule has 1 fully saturated rings. The Bertz CT molecular complexity index is 1330. The largest absolute Gasteiger partial charge is 0.507 e. The monoisotopic (exact) mass is 504 g/mol. The van der Waals surface area contributed by atoms with Crippen LogP contribution in [0.1, 0.15) is 49.9 Å². The van der Waals surface area contributed by atoms with Crippen LogP contribution in [0.5, 0.6) is 11.5 Å². The summed E-state index contributed by atoms with van der Waals surface area (Å²) in [5.74, 6) is 0.230. The van der Waals surface area contributed by atoms with Gasteiger partial charge in [-0.25, -0.2) is 4.98 Å². The molecule has 1 aromatic heterocycles. The number of Topliss-reactive ketones (excluding diaryl/α,β-unsaturated/α-hetero) is 1. The second kappa shape index (κ2) is 9.78. The summed E-state index contributed by atoms with van der Waals surface area (Å²) in [6.07, 6.45) is 3.25. The highest BCUT2D eigenvalue weighted by Gasteiger charge is 2.48. The SMILES string of the molecule is CC(C)CCOc1cccc(C2C(=C(O)c3ccc4c(c3)CC(C)O4)C(=O)C(=O)N2c2nccs2)c1. The normalized spacial score (nSPS) is 20.6. The molecule has 2 unspecified atom stereocenters. The quantitative estimate of drug-likeness (QED) is 0.259. The number of rotatable bonds is 7. The zero-order valence-electron chi connectivity index (χ0n) is 20.4. The van der Waals surface area contributed by atoms with Crippen LogP contribution in [-0.4, -0.2) is 34.5 Å². The predicted octanol–water partition coefficient (Wildman–Crippen LogP) is 5.52. The summed E-state index contributed by atoms with van der Waals surface area (Å²) in [6, 6.07) is 11.8. The molecule has 3 aromatic rings. The van der Waals surface area contributed by atoms with Gasteiger partial charge in [-0.05, 0) is 60.7 Å². The number of anilines is 1. The van der Waals surface area contributed by atoms with E-state index in [0.717, 1.165) is 17.7 Å². The molecule has 8 heteroatoms. The van der Waals surface area contributed by atoms with E-state index in [2.05, 4.69) is 18.8 Å². The maximum absolute atomic E-state index is 13.3. The van der Waals surface area contributed by atoms with Gasteiger partial charge in [0.1, 0.15) is 23.4 Å². The minimum atomic E-state index is -0.840. The van der Waals surface area contributed by atoms with E-state index in [4.69, 9.17) is 9.47 Å². The molecule has 2 atom stereocenters. The number of carbonyl (C=O) groups is 2. The molecule has 7 nitrogen and oxygen atoms in total. The molecule has 186 valence electrons. The molecule has 3 heterocycles. The third-order valence-electron chi connectivity index (χ3n) is 6.38. The highest BCUT2D eigenvalue weighted by molar-refractivity contribution is 7.14. The predicted molar refractivity (Wildman–Crippen MR) is 139 cm³/mol. The van der Waals surface area contributed by atoms with Crippen molar-refractivity contribution >= 4 is 33.9 Å². The minimum Gasteiger partial charge on any atom is -0.507 e. The Kier molecular flexibility index (Phi) is 6.53. The molecule has 36 heavy (non-hydrogen) atoms. The van der Waals surface area contributed by atoms with E-state index in [1.54, 1.807) is 23.7 Å². The van der Waals surface area contributed by atoms with E-state index in [1.807, 2.05) is 37.3 Å². The van der Waals surface area contributed by atoms with Crippen molar-refractivity contribution < 1.29 is 24.2 Å². The maximum Gasteiger partial charge on any atom is 0.301 e. The van der Waals surface area contributed by atoms with Gasteiger partial charge in [-0.15, -0.1) is 11.3 Å². The summed E-state index contributed by atoms with van der Waals surface area (Å²) in [5.41, 5.74) is 2.11. The number of aromatic nitrogens is 1. The van der Waals surface area contributed by atoms with Crippen molar-refractivity contribution in [3.63, 3.8) is 0 Å². The Hall–Kier alpha value is -3.65.